The molecule has 0 aliphatic carbocycles. The van der Waals surface area contributed by atoms with Gasteiger partial charge in [0.15, 0.2) is 12.6 Å². The first-order chi connectivity index (χ1) is 16.7. The maximum atomic E-state index is 8.73. The van der Waals surface area contributed by atoms with Crippen LogP contribution in [0.3, 0.4) is 0 Å². The predicted molar refractivity (Wildman–Crippen MR) is 122 cm³/mol. The van der Waals surface area contributed by atoms with E-state index in [-0.39, 0.29) is 52.1 Å². The third-order valence-electron chi connectivity index (χ3n) is 4.63. The van der Waals surface area contributed by atoms with Crippen LogP contribution in [-0.2, 0) is 18.9 Å². The second-order valence-electron chi connectivity index (χ2n) is 7.02. The van der Waals surface area contributed by atoms with Crippen LogP contribution in [0.25, 0.3) is 11.1 Å². The molecule has 0 bridgehead atoms. The Morgan fingerprint density at radius 1 is 0.471 bits per heavy atom. The van der Waals surface area contributed by atoms with E-state index in [1.54, 1.807) is 0 Å². The van der Waals surface area contributed by atoms with E-state index in [1.807, 2.05) is 72.8 Å². The van der Waals surface area contributed by atoms with Crippen molar-refractivity contribution in [2.75, 3.05) is 26.4 Å². The first kappa shape index (κ1) is 26.5. The SMILES string of the molecule is N#CCCOC(OCCC#N)c1ccc(-c2ccc(C(OCCC#N)OCCC#N)cc2)cc1. The predicted octanol–water partition coefficient (Wildman–Crippen LogP) is 5.07. The number of hydrogen-bond donors (Lipinski definition) is 0. The molecule has 0 aliphatic heterocycles. The second-order valence-corrected chi connectivity index (χ2v) is 7.02. The van der Waals surface area contributed by atoms with Gasteiger partial charge in [0.2, 0.25) is 0 Å². The highest BCUT2D eigenvalue weighted by Crippen LogP contribution is 2.27. The van der Waals surface area contributed by atoms with Crippen molar-refractivity contribution >= 4 is 0 Å². The van der Waals surface area contributed by atoms with E-state index < -0.39 is 12.6 Å². The molecule has 0 heterocycles. The highest BCUT2D eigenvalue weighted by Gasteiger charge is 2.15. The summed E-state index contributed by atoms with van der Waals surface area (Å²) >= 11 is 0. The molecular formula is C26H26N4O4. The molecule has 34 heavy (non-hydrogen) atoms. The summed E-state index contributed by atoms with van der Waals surface area (Å²) in [4.78, 5) is 0. The van der Waals surface area contributed by atoms with E-state index >= 15 is 0 Å². The van der Waals surface area contributed by atoms with Crippen LogP contribution in [0.15, 0.2) is 48.5 Å². The van der Waals surface area contributed by atoms with Crippen molar-refractivity contribution < 1.29 is 18.9 Å². The highest BCUT2D eigenvalue weighted by atomic mass is 16.7. The monoisotopic (exact) mass is 458 g/mol. The molecule has 8 heteroatoms. The van der Waals surface area contributed by atoms with E-state index in [9.17, 15) is 0 Å². The van der Waals surface area contributed by atoms with Gasteiger partial charge in [-0.3, -0.25) is 0 Å². The largest absolute Gasteiger partial charge is 0.347 e. The third-order valence-corrected chi connectivity index (χ3v) is 4.63. The van der Waals surface area contributed by atoms with Crippen molar-refractivity contribution in [3.63, 3.8) is 0 Å². The van der Waals surface area contributed by atoms with Crippen LogP contribution in [-0.4, -0.2) is 26.4 Å². The van der Waals surface area contributed by atoms with Gasteiger partial charge in [0, 0.05) is 11.1 Å². The molecule has 2 rings (SSSR count). The minimum absolute atomic E-state index is 0.241. The molecule has 0 amide bonds. The Labute approximate surface area is 200 Å². The third kappa shape index (κ3) is 9.00. The van der Waals surface area contributed by atoms with Crippen molar-refractivity contribution in [2.24, 2.45) is 0 Å². The van der Waals surface area contributed by atoms with E-state index in [2.05, 4.69) is 0 Å². The van der Waals surface area contributed by atoms with Crippen molar-refractivity contribution in [1.29, 1.82) is 21.0 Å². The number of nitrogens with zero attached hydrogens (tertiary/aromatic N) is 4. The van der Waals surface area contributed by atoms with Gasteiger partial charge in [0.05, 0.1) is 76.4 Å². The summed E-state index contributed by atoms with van der Waals surface area (Å²) in [5.41, 5.74) is 3.56. The fourth-order valence-electron chi connectivity index (χ4n) is 2.99. The molecule has 0 N–H and O–H groups in total. The lowest BCUT2D eigenvalue weighted by Crippen LogP contribution is -2.11. The van der Waals surface area contributed by atoms with E-state index in [4.69, 9.17) is 40.0 Å². The van der Waals surface area contributed by atoms with Gasteiger partial charge in [-0.2, -0.15) is 21.0 Å². The van der Waals surface area contributed by atoms with Crippen molar-refractivity contribution in [1.82, 2.24) is 0 Å². The summed E-state index contributed by atoms with van der Waals surface area (Å²) in [6, 6.07) is 23.5. The zero-order valence-electron chi connectivity index (χ0n) is 18.9. The lowest BCUT2D eigenvalue weighted by atomic mass is 10.0. The van der Waals surface area contributed by atoms with Gasteiger partial charge in [0.1, 0.15) is 0 Å². The molecule has 0 saturated heterocycles. The van der Waals surface area contributed by atoms with Crippen LogP contribution in [0.1, 0.15) is 49.4 Å². The van der Waals surface area contributed by atoms with Gasteiger partial charge in [-0.05, 0) is 11.1 Å². The normalized spacial score (nSPS) is 10.4. The summed E-state index contributed by atoms with van der Waals surface area (Å²) in [5.74, 6) is 0. The summed E-state index contributed by atoms with van der Waals surface area (Å²) < 4.78 is 22.6. The van der Waals surface area contributed by atoms with Gasteiger partial charge in [-0.25, -0.2) is 0 Å². The number of benzene rings is 2. The Balaban J connectivity index is 2.09. The van der Waals surface area contributed by atoms with Crippen LogP contribution < -0.4 is 0 Å². The minimum atomic E-state index is -0.644. The average molecular weight is 459 g/mol. The van der Waals surface area contributed by atoms with E-state index in [0.717, 1.165) is 22.3 Å². The van der Waals surface area contributed by atoms with Gasteiger partial charge >= 0.3 is 0 Å². The lowest BCUT2D eigenvalue weighted by Gasteiger charge is -2.19. The molecule has 0 spiro atoms. The molecule has 8 nitrogen and oxygen atoms in total. The van der Waals surface area contributed by atoms with Gasteiger partial charge in [-0.15, -0.1) is 0 Å². The second kappa shape index (κ2) is 15.9. The topological polar surface area (TPSA) is 132 Å². The van der Waals surface area contributed by atoms with Crippen LogP contribution in [0, 0.1) is 45.3 Å². The van der Waals surface area contributed by atoms with Gasteiger partial charge < -0.3 is 18.9 Å². The first-order valence-corrected chi connectivity index (χ1v) is 10.9. The Morgan fingerprint density at radius 2 is 0.735 bits per heavy atom. The molecule has 0 radical (unpaired) electrons. The average Bonchev–Trinajstić information content (AvgIpc) is 2.87. The maximum Gasteiger partial charge on any atom is 0.183 e. The molecule has 0 aliphatic rings. The highest BCUT2D eigenvalue weighted by molar-refractivity contribution is 5.64. The van der Waals surface area contributed by atoms with Crippen molar-refractivity contribution in [3.05, 3.63) is 59.7 Å². The molecule has 0 unspecified atom stereocenters. The van der Waals surface area contributed by atoms with E-state index in [1.165, 1.54) is 0 Å². The summed E-state index contributed by atoms with van der Waals surface area (Å²) in [6.07, 6.45) is -0.271. The Hall–Kier alpha value is -3.76. The maximum absolute atomic E-state index is 8.73. The Morgan fingerprint density at radius 3 is 0.971 bits per heavy atom. The molecule has 2 aromatic carbocycles. The lowest BCUT2D eigenvalue weighted by molar-refractivity contribution is -0.144. The summed E-state index contributed by atoms with van der Waals surface area (Å²) in [5, 5.41) is 34.9. The summed E-state index contributed by atoms with van der Waals surface area (Å²) in [7, 11) is 0. The molecule has 174 valence electrons. The first-order valence-electron chi connectivity index (χ1n) is 10.9. The molecule has 0 saturated carbocycles. The molecule has 0 aromatic heterocycles. The fourth-order valence-corrected chi connectivity index (χ4v) is 2.99. The van der Waals surface area contributed by atoms with Crippen molar-refractivity contribution in [2.45, 2.75) is 38.3 Å². The van der Waals surface area contributed by atoms with Crippen LogP contribution in [0.5, 0.6) is 0 Å². The van der Waals surface area contributed by atoms with E-state index in [0.29, 0.717) is 0 Å². The van der Waals surface area contributed by atoms with Crippen LogP contribution >= 0.6 is 0 Å². The Kier molecular flexibility index (Phi) is 12.4. The Bertz CT molecular complexity index is 902. The molecule has 0 fully saturated rings. The van der Waals surface area contributed by atoms with Gasteiger partial charge in [-0.1, -0.05) is 48.5 Å². The fraction of sp³-hybridized carbons (Fsp3) is 0.385. The quantitative estimate of drug-likeness (QED) is 0.267. The molecule has 2 aromatic rings. The smallest absolute Gasteiger partial charge is 0.183 e. The number of hydrogen-bond acceptors (Lipinski definition) is 8. The van der Waals surface area contributed by atoms with Crippen LogP contribution in [0.2, 0.25) is 0 Å². The number of nitriles is 4. The molecular weight excluding hydrogens is 432 g/mol. The number of rotatable bonds is 15. The van der Waals surface area contributed by atoms with Crippen molar-refractivity contribution in [3.8, 4) is 35.4 Å². The zero-order valence-corrected chi connectivity index (χ0v) is 18.9. The molecule has 0 atom stereocenters. The van der Waals surface area contributed by atoms with Crippen LogP contribution in [0.4, 0.5) is 0 Å². The summed E-state index contributed by atoms with van der Waals surface area (Å²) in [6.45, 7) is 0.964. The zero-order chi connectivity index (χ0) is 24.4. The standard InChI is InChI=1S/C26H26N4O4/c27-13-1-17-31-25(32-18-2-14-28)23-9-5-21(6-10-23)22-7-11-24(12-8-22)26(33-19-3-15-29)34-20-4-16-30/h5-12,25-26H,1-4,17-20H2. The number of ether oxygens (including phenoxy) is 4. The van der Waals surface area contributed by atoms with Gasteiger partial charge in [0.25, 0.3) is 0 Å². The minimum Gasteiger partial charge on any atom is -0.347 e.